The summed E-state index contributed by atoms with van der Waals surface area (Å²) in [4.78, 5) is 32.7. The number of ether oxygens (including phenoxy) is 1. The molecular formula is C16H19IN4O3. The van der Waals surface area contributed by atoms with E-state index in [4.69, 9.17) is 10.5 Å². The first-order chi connectivity index (χ1) is 11.5. The van der Waals surface area contributed by atoms with Gasteiger partial charge in [-0.2, -0.15) is 0 Å². The van der Waals surface area contributed by atoms with E-state index in [-0.39, 0.29) is 12.4 Å². The summed E-state index contributed by atoms with van der Waals surface area (Å²) < 4.78 is 6.35. The third-order valence-electron chi connectivity index (χ3n) is 3.39. The Bertz CT molecular complexity index is 728. The number of hydrogen-bond donors (Lipinski definition) is 2. The molecule has 0 aromatic carbocycles. The van der Waals surface area contributed by atoms with Gasteiger partial charge in [0, 0.05) is 9.77 Å². The molecule has 0 unspecified atom stereocenters. The molecule has 0 saturated carbocycles. The Balaban J connectivity index is 2.32. The van der Waals surface area contributed by atoms with E-state index in [0.29, 0.717) is 35.6 Å². The monoisotopic (exact) mass is 442 g/mol. The van der Waals surface area contributed by atoms with Crippen molar-refractivity contribution in [1.82, 2.24) is 10.3 Å². The molecule has 7 nitrogen and oxygen atoms in total. The molecule has 0 atom stereocenters. The molecule has 0 aliphatic carbocycles. The number of nitrogens with one attached hydrogen (secondary N) is 1. The van der Waals surface area contributed by atoms with Gasteiger partial charge >= 0.3 is 0 Å². The van der Waals surface area contributed by atoms with Crippen LogP contribution in [-0.4, -0.2) is 35.7 Å². The number of carbonyl (C=O) groups is 2. The largest absolute Gasteiger partial charge is 0.477 e. The van der Waals surface area contributed by atoms with Crippen LogP contribution in [0.5, 0.6) is 5.88 Å². The highest BCUT2D eigenvalue weighted by Crippen LogP contribution is 2.21. The fraction of sp³-hybridized carbons (Fsp3) is 0.375. The number of nitrogens with two attached hydrogens (primary N) is 1. The minimum atomic E-state index is -0.583. The van der Waals surface area contributed by atoms with Crippen molar-refractivity contribution in [3.05, 3.63) is 32.7 Å². The first kappa shape index (κ1) is 18.4. The van der Waals surface area contributed by atoms with E-state index < -0.39 is 11.8 Å². The summed E-state index contributed by atoms with van der Waals surface area (Å²) in [7, 11) is 0. The van der Waals surface area contributed by atoms with Gasteiger partial charge in [0.15, 0.2) is 0 Å². The van der Waals surface area contributed by atoms with E-state index in [2.05, 4.69) is 37.9 Å². The first-order valence-electron chi connectivity index (χ1n) is 7.64. The number of aromatic nitrogens is 1. The van der Waals surface area contributed by atoms with Crippen molar-refractivity contribution in [2.75, 3.05) is 13.2 Å². The number of carbonyl (C=O) groups excluding carboxylic acids is 2. The molecular weight excluding hydrogens is 423 g/mol. The van der Waals surface area contributed by atoms with Gasteiger partial charge in [0.2, 0.25) is 11.8 Å². The Morgan fingerprint density at radius 3 is 2.79 bits per heavy atom. The van der Waals surface area contributed by atoms with E-state index >= 15 is 0 Å². The van der Waals surface area contributed by atoms with Gasteiger partial charge < -0.3 is 15.8 Å². The molecule has 2 heterocycles. The number of aliphatic imine (C=N–C) groups is 1. The molecule has 0 bridgehead atoms. The quantitative estimate of drug-likeness (QED) is 0.629. The van der Waals surface area contributed by atoms with Crippen molar-refractivity contribution in [3.8, 4) is 5.88 Å². The summed E-state index contributed by atoms with van der Waals surface area (Å²) in [5.74, 6) is -0.714. The van der Waals surface area contributed by atoms with Gasteiger partial charge in [-0.25, -0.2) is 4.98 Å². The minimum Gasteiger partial charge on any atom is -0.477 e. The molecule has 2 amide bonds. The first-order valence-corrected chi connectivity index (χ1v) is 8.72. The van der Waals surface area contributed by atoms with Crippen LogP contribution in [0, 0.1) is 3.57 Å². The number of nitrogens with zero attached hydrogens (tertiary/aromatic N) is 2. The van der Waals surface area contributed by atoms with Crippen molar-refractivity contribution in [2.45, 2.75) is 26.7 Å². The van der Waals surface area contributed by atoms with Crippen LogP contribution < -0.4 is 15.8 Å². The number of primary amides is 1. The molecule has 0 fully saturated rings. The van der Waals surface area contributed by atoms with Gasteiger partial charge in [0.25, 0.3) is 5.91 Å². The second-order valence-electron chi connectivity index (χ2n) is 5.14. The molecule has 0 spiro atoms. The molecule has 128 valence electrons. The summed E-state index contributed by atoms with van der Waals surface area (Å²) in [6.45, 7) is 4.53. The Kier molecular flexibility index (Phi) is 6.29. The molecule has 0 radical (unpaired) electrons. The van der Waals surface area contributed by atoms with Gasteiger partial charge in [-0.15, -0.1) is 0 Å². The summed E-state index contributed by atoms with van der Waals surface area (Å²) in [5.41, 5.74) is 7.07. The maximum atomic E-state index is 12.7. The van der Waals surface area contributed by atoms with Crippen molar-refractivity contribution >= 4 is 40.1 Å². The molecule has 1 aromatic heterocycles. The lowest BCUT2D eigenvalue weighted by Gasteiger charge is -2.13. The average molecular weight is 442 g/mol. The SMILES string of the molecule is CCCOc1ncc(I)cc1C(=O)NC1=C(C(N)=O)CN=C1CC. The van der Waals surface area contributed by atoms with E-state index in [0.717, 1.165) is 9.99 Å². The lowest BCUT2D eigenvalue weighted by atomic mass is 10.1. The van der Waals surface area contributed by atoms with Gasteiger partial charge in [-0.1, -0.05) is 13.8 Å². The zero-order valence-electron chi connectivity index (χ0n) is 13.6. The normalized spacial score (nSPS) is 13.7. The van der Waals surface area contributed by atoms with Crippen LogP contribution in [0.15, 0.2) is 28.5 Å². The Hall–Kier alpha value is -1.97. The smallest absolute Gasteiger partial charge is 0.261 e. The van der Waals surface area contributed by atoms with Gasteiger partial charge in [0.1, 0.15) is 5.56 Å². The maximum Gasteiger partial charge on any atom is 0.261 e. The summed E-state index contributed by atoms with van der Waals surface area (Å²) in [6.07, 6.45) is 3.03. The van der Waals surface area contributed by atoms with E-state index in [1.807, 2.05) is 13.8 Å². The van der Waals surface area contributed by atoms with Gasteiger partial charge in [0.05, 0.1) is 30.1 Å². The van der Waals surface area contributed by atoms with E-state index in [1.54, 1.807) is 12.3 Å². The zero-order valence-corrected chi connectivity index (χ0v) is 15.7. The Morgan fingerprint density at radius 2 is 2.17 bits per heavy atom. The molecule has 8 heteroatoms. The predicted molar refractivity (Wildman–Crippen MR) is 99.0 cm³/mol. The fourth-order valence-electron chi connectivity index (χ4n) is 2.23. The molecule has 1 aromatic rings. The Morgan fingerprint density at radius 1 is 1.42 bits per heavy atom. The molecule has 3 N–H and O–H groups in total. The predicted octanol–water partition coefficient (Wildman–Crippen LogP) is 1.81. The highest BCUT2D eigenvalue weighted by Gasteiger charge is 2.25. The number of amides is 2. The van der Waals surface area contributed by atoms with Crippen LogP contribution in [0.2, 0.25) is 0 Å². The third kappa shape index (κ3) is 4.11. The fourth-order valence-corrected chi connectivity index (χ4v) is 2.68. The average Bonchev–Trinajstić information content (AvgIpc) is 2.96. The molecule has 1 aliphatic rings. The van der Waals surface area contributed by atoms with Crippen molar-refractivity contribution in [1.29, 1.82) is 0 Å². The third-order valence-corrected chi connectivity index (χ3v) is 3.98. The van der Waals surface area contributed by atoms with Crippen LogP contribution in [-0.2, 0) is 4.79 Å². The maximum absolute atomic E-state index is 12.7. The van der Waals surface area contributed by atoms with Crippen LogP contribution >= 0.6 is 22.6 Å². The Labute approximate surface area is 153 Å². The van der Waals surface area contributed by atoms with Gasteiger partial charge in [-0.05, 0) is 41.5 Å². The van der Waals surface area contributed by atoms with E-state index in [9.17, 15) is 9.59 Å². The summed E-state index contributed by atoms with van der Waals surface area (Å²) in [6, 6.07) is 1.69. The van der Waals surface area contributed by atoms with Crippen molar-refractivity contribution in [2.24, 2.45) is 10.7 Å². The number of pyridine rings is 1. The molecule has 2 rings (SSSR count). The second-order valence-corrected chi connectivity index (χ2v) is 6.39. The highest BCUT2D eigenvalue weighted by molar-refractivity contribution is 14.1. The van der Waals surface area contributed by atoms with Crippen LogP contribution in [0.4, 0.5) is 0 Å². The lowest BCUT2D eigenvalue weighted by molar-refractivity contribution is -0.114. The summed E-state index contributed by atoms with van der Waals surface area (Å²) >= 11 is 2.08. The molecule has 1 aliphatic heterocycles. The number of hydrogen-bond acceptors (Lipinski definition) is 5. The van der Waals surface area contributed by atoms with Crippen molar-refractivity contribution < 1.29 is 14.3 Å². The number of rotatable bonds is 7. The molecule has 0 saturated heterocycles. The van der Waals surface area contributed by atoms with Gasteiger partial charge in [-0.3, -0.25) is 14.6 Å². The topological polar surface area (TPSA) is 107 Å². The van der Waals surface area contributed by atoms with Crippen LogP contribution in [0.1, 0.15) is 37.0 Å². The molecule has 24 heavy (non-hydrogen) atoms. The van der Waals surface area contributed by atoms with E-state index in [1.165, 1.54) is 0 Å². The lowest BCUT2D eigenvalue weighted by Crippen LogP contribution is -2.30. The summed E-state index contributed by atoms with van der Waals surface area (Å²) in [5, 5.41) is 2.76. The van der Waals surface area contributed by atoms with Crippen LogP contribution in [0.3, 0.4) is 0 Å². The van der Waals surface area contributed by atoms with Crippen LogP contribution in [0.25, 0.3) is 0 Å². The minimum absolute atomic E-state index is 0.192. The zero-order chi connectivity index (χ0) is 17.7. The highest BCUT2D eigenvalue weighted by atomic mass is 127. The number of allylic oxidation sites excluding steroid dienone is 1. The standard InChI is InChI=1S/C16H19IN4O3/c1-3-5-24-16-10(6-9(17)7-20-16)15(23)21-13-11(14(18)22)8-19-12(13)4-2/h6-7H,3-5,8H2,1-2H3,(H2,18,22)(H,21,23). The number of halogens is 1. The second kappa shape index (κ2) is 8.22. The van der Waals surface area contributed by atoms with Crippen molar-refractivity contribution in [3.63, 3.8) is 0 Å².